The van der Waals surface area contributed by atoms with Gasteiger partial charge < -0.3 is 33.8 Å². The van der Waals surface area contributed by atoms with E-state index < -0.39 is 97.5 Å². The van der Waals surface area contributed by atoms with Crippen molar-refractivity contribution in [3.05, 3.63) is 0 Å². The quantitative estimate of drug-likeness (QED) is 0.0222. The Labute approximate surface area is 568 Å². The Morgan fingerprint density at radius 3 is 0.763 bits per heavy atom. The van der Waals surface area contributed by atoms with Crippen LogP contribution >= 0.6 is 15.6 Å². The Balaban J connectivity index is 5.23. The van der Waals surface area contributed by atoms with Crippen molar-refractivity contribution in [3.8, 4) is 0 Å². The van der Waals surface area contributed by atoms with Gasteiger partial charge in [-0.05, 0) is 49.4 Å². The standard InChI is InChI=1S/C74H144O17P2/c1-9-66(7)52-44-36-28-19-15-13-11-12-14-16-20-30-38-46-54-71(76)84-60-69(90-73(78)56-48-40-32-21-17-18-26-34-42-50-64(3)4)62-88-92(80,81)86-58-68(75)59-87-93(82,83)89-63-70(61-85-72(77)55-47-39-31-24-22-27-35-43-51-65(5)6)91-74(79)57-49-41-33-25-23-29-37-45-53-67(8)10-2/h64-70,75H,9-63H2,1-8H3,(H,80,81)(H,82,83)/t66?,67?,68?,69-,70-/m1/s1. The number of phosphoric acid groups is 2. The van der Waals surface area contributed by atoms with Gasteiger partial charge >= 0.3 is 39.5 Å². The van der Waals surface area contributed by atoms with Gasteiger partial charge in [0.15, 0.2) is 12.2 Å². The second-order valence-corrected chi connectivity index (χ2v) is 31.0. The third kappa shape index (κ3) is 65.8. The summed E-state index contributed by atoms with van der Waals surface area (Å²) in [4.78, 5) is 72.7. The van der Waals surface area contributed by atoms with Crippen LogP contribution in [0.1, 0.15) is 370 Å². The maximum absolute atomic E-state index is 13.1. The summed E-state index contributed by atoms with van der Waals surface area (Å²) in [5.74, 6) is 0.956. The van der Waals surface area contributed by atoms with Gasteiger partial charge in [0.1, 0.15) is 19.3 Å². The molecule has 0 heterocycles. The highest BCUT2D eigenvalue weighted by atomic mass is 31.2. The van der Waals surface area contributed by atoms with E-state index in [0.717, 1.165) is 114 Å². The van der Waals surface area contributed by atoms with Gasteiger partial charge in [-0.2, -0.15) is 0 Å². The van der Waals surface area contributed by atoms with E-state index >= 15 is 0 Å². The fourth-order valence-electron chi connectivity index (χ4n) is 11.1. The number of rotatable bonds is 71. The number of carbonyl (C=O) groups is 4. The van der Waals surface area contributed by atoms with Gasteiger partial charge in [-0.25, -0.2) is 9.13 Å². The van der Waals surface area contributed by atoms with E-state index in [-0.39, 0.29) is 25.7 Å². The largest absolute Gasteiger partial charge is 0.472 e. The molecule has 0 amide bonds. The zero-order chi connectivity index (χ0) is 68.9. The average molecular weight is 1370 g/mol. The fourth-order valence-corrected chi connectivity index (χ4v) is 12.7. The lowest BCUT2D eigenvalue weighted by atomic mass is 9.99. The minimum absolute atomic E-state index is 0.104. The Kier molecular flexibility index (Phi) is 62.2. The Bertz CT molecular complexity index is 1840. The Morgan fingerprint density at radius 1 is 0.301 bits per heavy atom. The molecule has 0 fully saturated rings. The number of hydrogen-bond donors (Lipinski definition) is 3. The van der Waals surface area contributed by atoms with Crippen molar-refractivity contribution in [2.75, 3.05) is 39.6 Å². The molecule has 0 saturated carbocycles. The number of esters is 4. The van der Waals surface area contributed by atoms with Crippen LogP contribution < -0.4 is 0 Å². The normalized spacial score (nSPS) is 14.8. The minimum Gasteiger partial charge on any atom is -0.462 e. The number of unbranched alkanes of at least 4 members (excludes halogenated alkanes) is 35. The van der Waals surface area contributed by atoms with E-state index in [1.807, 2.05) is 0 Å². The fraction of sp³-hybridized carbons (Fsp3) is 0.946. The first-order valence-electron chi connectivity index (χ1n) is 38.3. The molecule has 3 N–H and O–H groups in total. The second-order valence-electron chi connectivity index (χ2n) is 28.1. The molecule has 0 aromatic rings. The van der Waals surface area contributed by atoms with Crippen molar-refractivity contribution in [2.45, 2.75) is 388 Å². The highest BCUT2D eigenvalue weighted by Gasteiger charge is 2.30. The maximum atomic E-state index is 13.1. The second kappa shape index (κ2) is 63.5. The number of phosphoric ester groups is 2. The third-order valence-electron chi connectivity index (χ3n) is 17.8. The van der Waals surface area contributed by atoms with Crippen LogP contribution in [0.5, 0.6) is 0 Å². The molecule has 0 aliphatic carbocycles. The summed E-state index contributed by atoms with van der Waals surface area (Å²) in [6, 6.07) is 0. The van der Waals surface area contributed by atoms with Gasteiger partial charge in [0.25, 0.3) is 0 Å². The maximum Gasteiger partial charge on any atom is 0.472 e. The number of aliphatic hydroxyl groups is 1. The molecule has 0 radical (unpaired) electrons. The van der Waals surface area contributed by atoms with Crippen molar-refractivity contribution in [1.29, 1.82) is 0 Å². The predicted octanol–water partition coefficient (Wildman–Crippen LogP) is 21.3. The third-order valence-corrected chi connectivity index (χ3v) is 19.7. The van der Waals surface area contributed by atoms with Crippen LogP contribution in [-0.2, 0) is 65.4 Å². The summed E-state index contributed by atoms with van der Waals surface area (Å²) in [7, 11) is -9.91. The molecular weight excluding hydrogens is 1220 g/mol. The number of carbonyl (C=O) groups excluding carboxylic acids is 4. The summed E-state index contributed by atoms with van der Waals surface area (Å²) in [6.07, 6.45) is 47.1. The van der Waals surface area contributed by atoms with Gasteiger partial charge in [0.05, 0.1) is 26.4 Å². The van der Waals surface area contributed by atoms with Gasteiger partial charge in [-0.3, -0.25) is 37.3 Å². The van der Waals surface area contributed by atoms with Crippen LogP contribution in [0.4, 0.5) is 0 Å². The minimum atomic E-state index is -4.96. The molecule has 0 aromatic carbocycles. The number of aliphatic hydroxyl groups excluding tert-OH is 1. The molecule has 0 aromatic heterocycles. The van der Waals surface area contributed by atoms with Crippen LogP contribution in [0.2, 0.25) is 0 Å². The molecule has 552 valence electrons. The first-order chi connectivity index (χ1) is 44.7. The molecule has 0 rings (SSSR count). The lowest BCUT2D eigenvalue weighted by Gasteiger charge is -2.21. The number of hydrogen-bond acceptors (Lipinski definition) is 15. The summed E-state index contributed by atoms with van der Waals surface area (Å²) >= 11 is 0. The first-order valence-corrected chi connectivity index (χ1v) is 41.3. The van der Waals surface area contributed by atoms with E-state index in [2.05, 4.69) is 55.4 Å². The Hall–Kier alpha value is -1.94. The molecule has 93 heavy (non-hydrogen) atoms. The summed E-state index contributed by atoms with van der Waals surface area (Å²) < 4.78 is 68.4. The van der Waals surface area contributed by atoms with Crippen LogP contribution in [0, 0.1) is 23.7 Å². The molecule has 19 heteroatoms. The molecule has 5 unspecified atom stereocenters. The molecule has 0 spiro atoms. The van der Waals surface area contributed by atoms with Crippen LogP contribution in [-0.4, -0.2) is 96.7 Å². The summed E-state index contributed by atoms with van der Waals surface area (Å²) in [6.45, 7) is 14.2. The van der Waals surface area contributed by atoms with Gasteiger partial charge in [0, 0.05) is 25.7 Å². The Morgan fingerprint density at radius 2 is 0.516 bits per heavy atom. The van der Waals surface area contributed by atoms with Crippen molar-refractivity contribution in [3.63, 3.8) is 0 Å². The lowest BCUT2D eigenvalue weighted by Crippen LogP contribution is -2.30. The summed E-state index contributed by atoms with van der Waals surface area (Å²) in [5, 5.41) is 10.6. The molecule has 0 saturated heterocycles. The van der Waals surface area contributed by atoms with Crippen LogP contribution in [0.25, 0.3) is 0 Å². The zero-order valence-electron chi connectivity index (χ0n) is 60.9. The van der Waals surface area contributed by atoms with Crippen LogP contribution in [0.3, 0.4) is 0 Å². The van der Waals surface area contributed by atoms with E-state index in [9.17, 15) is 43.2 Å². The van der Waals surface area contributed by atoms with E-state index in [4.69, 9.17) is 37.0 Å². The average Bonchev–Trinajstić information content (AvgIpc) is 1.78. The van der Waals surface area contributed by atoms with Crippen molar-refractivity contribution in [2.24, 2.45) is 23.7 Å². The van der Waals surface area contributed by atoms with Gasteiger partial charge in [-0.1, -0.05) is 319 Å². The van der Waals surface area contributed by atoms with E-state index in [0.29, 0.717) is 25.7 Å². The first kappa shape index (κ1) is 91.1. The predicted molar refractivity (Wildman–Crippen MR) is 377 cm³/mol. The molecule has 17 nitrogen and oxygen atoms in total. The van der Waals surface area contributed by atoms with Crippen molar-refractivity contribution in [1.82, 2.24) is 0 Å². The monoisotopic (exact) mass is 1370 g/mol. The van der Waals surface area contributed by atoms with Gasteiger partial charge in [0.2, 0.25) is 0 Å². The highest BCUT2D eigenvalue weighted by Crippen LogP contribution is 2.45. The van der Waals surface area contributed by atoms with Crippen LogP contribution in [0.15, 0.2) is 0 Å². The number of ether oxygens (including phenoxy) is 4. The zero-order valence-corrected chi connectivity index (χ0v) is 62.7. The van der Waals surface area contributed by atoms with E-state index in [1.165, 1.54) is 173 Å². The van der Waals surface area contributed by atoms with Crippen molar-refractivity contribution < 1.29 is 80.2 Å². The smallest absolute Gasteiger partial charge is 0.462 e. The van der Waals surface area contributed by atoms with E-state index in [1.54, 1.807) is 0 Å². The molecule has 7 atom stereocenters. The lowest BCUT2D eigenvalue weighted by molar-refractivity contribution is -0.161. The molecule has 0 bridgehead atoms. The van der Waals surface area contributed by atoms with Crippen molar-refractivity contribution >= 4 is 39.5 Å². The summed E-state index contributed by atoms with van der Waals surface area (Å²) in [5.41, 5.74) is 0. The highest BCUT2D eigenvalue weighted by molar-refractivity contribution is 7.47. The molecular formula is C74H144O17P2. The van der Waals surface area contributed by atoms with Gasteiger partial charge in [-0.15, -0.1) is 0 Å². The SMILES string of the molecule is CCC(C)CCCCCCCCCCCCCCCCC(=O)OC[C@H](COP(=O)(O)OCC(O)COP(=O)(O)OC[C@@H](COC(=O)CCCCCCCCCCC(C)C)OC(=O)CCCCCCCCCCC(C)CC)OC(=O)CCCCCCCCCCCC(C)C. The molecule has 0 aliphatic heterocycles. The molecule has 0 aliphatic rings. The topological polar surface area (TPSA) is 237 Å².